The van der Waals surface area contributed by atoms with Crippen molar-refractivity contribution in [3.8, 4) is 5.75 Å². The highest BCUT2D eigenvalue weighted by Crippen LogP contribution is 2.33. The molecule has 1 atom stereocenters. The Morgan fingerprint density at radius 1 is 1.12 bits per heavy atom. The zero-order valence-electron chi connectivity index (χ0n) is 18.1. The number of para-hydroxylation sites is 2. The number of nitrogen functional groups attached to an aromatic ring is 1. The number of benzene rings is 2. The molecule has 1 aliphatic rings. The Hall–Kier alpha value is -4.34. The second-order valence-corrected chi connectivity index (χ2v) is 7.67. The van der Waals surface area contributed by atoms with Gasteiger partial charge in [-0.2, -0.15) is 0 Å². The monoisotopic (exact) mass is 449 g/mol. The smallest absolute Gasteiger partial charge is 0.330 e. The van der Waals surface area contributed by atoms with Gasteiger partial charge in [-0.05, 0) is 17.7 Å². The van der Waals surface area contributed by atoms with Crippen LogP contribution in [0.2, 0.25) is 0 Å². The molecule has 1 unspecified atom stereocenters. The van der Waals surface area contributed by atoms with E-state index in [1.54, 1.807) is 24.3 Å². The Labute approximate surface area is 188 Å². The van der Waals surface area contributed by atoms with Crippen LogP contribution in [0.5, 0.6) is 5.75 Å². The molecule has 10 heteroatoms. The molecule has 3 N–H and O–H groups in total. The molecule has 1 aromatic heterocycles. The summed E-state index contributed by atoms with van der Waals surface area (Å²) < 4.78 is 7.03. The van der Waals surface area contributed by atoms with Crippen molar-refractivity contribution in [3.05, 3.63) is 81.0 Å². The molecule has 0 saturated carbocycles. The van der Waals surface area contributed by atoms with Crippen LogP contribution in [0.25, 0.3) is 0 Å². The van der Waals surface area contributed by atoms with Crippen molar-refractivity contribution in [1.29, 1.82) is 0 Å². The minimum atomic E-state index is -1.07. The van der Waals surface area contributed by atoms with Gasteiger partial charge < -0.3 is 20.3 Å². The molecular weight excluding hydrogens is 426 g/mol. The van der Waals surface area contributed by atoms with Crippen molar-refractivity contribution in [2.45, 2.75) is 19.6 Å². The third-order valence-electron chi connectivity index (χ3n) is 5.49. The summed E-state index contributed by atoms with van der Waals surface area (Å²) in [6.07, 6.45) is -1.07. The number of ether oxygens (including phenoxy) is 1. The van der Waals surface area contributed by atoms with Crippen LogP contribution in [0, 0.1) is 0 Å². The van der Waals surface area contributed by atoms with Gasteiger partial charge in [0.1, 0.15) is 11.6 Å². The van der Waals surface area contributed by atoms with Gasteiger partial charge in [-0.25, -0.2) is 4.79 Å². The molecule has 170 valence electrons. The largest absolute Gasteiger partial charge is 0.476 e. The molecule has 0 bridgehead atoms. The molecule has 0 spiro atoms. The van der Waals surface area contributed by atoms with Gasteiger partial charge in [0, 0.05) is 14.0 Å². The average Bonchev–Trinajstić information content (AvgIpc) is 2.80. The minimum Gasteiger partial charge on any atom is -0.476 e. The maximum absolute atomic E-state index is 13.3. The van der Waals surface area contributed by atoms with E-state index in [1.165, 1.54) is 23.4 Å². The number of likely N-dealkylation sites (N-methyl/N-ethyl adjacent to an activating group) is 1. The van der Waals surface area contributed by atoms with Gasteiger partial charge in [0.25, 0.3) is 11.5 Å². The minimum absolute atomic E-state index is 0.0308. The van der Waals surface area contributed by atoms with Gasteiger partial charge in [0.15, 0.2) is 11.8 Å². The molecule has 0 aliphatic carbocycles. The number of rotatable bonds is 4. The number of anilines is 3. The highest BCUT2D eigenvalue weighted by molar-refractivity contribution is 6.01. The number of nitrogens with two attached hydrogens (primary N) is 1. The van der Waals surface area contributed by atoms with E-state index in [0.29, 0.717) is 11.4 Å². The summed E-state index contributed by atoms with van der Waals surface area (Å²) in [6.45, 7) is 1.48. The van der Waals surface area contributed by atoms with Gasteiger partial charge in [-0.3, -0.25) is 23.9 Å². The number of nitrogens with one attached hydrogen (secondary N) is 1. The van der Waals surface area contributed by atoms with Gasteiger partial charge >= 0.3 is 5.69 Å². The van der Waals surface area contributed by atoms with Crippen LogP contribution in [-0.4, -0.2) is 41.1 Å². The number of fused-ring (bicyclic) bond motifs is 1. The molecule has 3 aromatic rings. The van der Waals surface area contributed by atoms with Gasteiger partial charge in [-0.1, -0.05) is 42.5 Å². The van der Waals surface area contributed by atoms with Crippen LogP contribution in [-0.2, 0) is 16.1 Å². The number of carbonyl (C=O) groups is 2. The summed E-state index contributed by atoms with van der Waals surface area (Å²) in [6, 6.07) is 16.0. The number of aromatic nitrogens is 2. The summed E-state index contributed by atoms with van der Waals surface area (Å²) in [7, 11) is 1.38. The third kappa shape index (κ3) is 4.10. The Morgan fingerprint density at radius 2 is 1.79 bits per heavy atom. The quantitative estimate of drug-likeness (QED) is 0.610. The Morgan fingerprint density at radius 3 is 2.48 bits per heavy atom. The van der Waals surface area contributed by atoms with E-state index in [4.69, 9.17) is 10.5 Å². The lowest BCUT2D eigenvalue weighted by molar-refractivity contribution is -0.125. The number of hydrogen-bond acceptors (Lipinski definition) is 6. The predicted molar refractivity (Wildman–Crippen MR) is 124 cm³/mol. The summed E-state index contributed by atoms with van der Waals surface area (Å²) in [5, 5.41) is 0. The molecule has 2 amide bonds. The van der Waals surface area contributed by atoms with Crippen molar-refractivity contribution in [3.63, 3.8) is 0 Å². The molecule has 10 nitrogen and oxygen atoms in total. The van der Waals surface area contributed by atoms with Crippen LogP contribution < -0.4 is 31.5 Å². The fourth-order valence-corrected chi connectivity index (χ4v) is 3.81. The maximum atomic E-state index is 13.3. The molecule has 0 radical (unpaired) electrons. The van der Waals surface area contributed by atoms with Crippen molar-refractivity contribution in [1.82, 2.24) is 9.55 Å². The van der Waals surface area contributed by atoms with Crippen molar-refractivity contribution in [2.24, 2.45) is 0 Å². The molecule has 33 heavy (non-hydrogen) atoms. The third-order valence-corrected chi connectivity index (χ3v) is 5.49. The first-order valence-corrected chi connectivity index (χ1v) is 10.3. The second kappa shape index (κ2) is 8.65. The Kier molecular flexibility index (Phi) is 5.74. The normalized spacial score (nSPS) is 14.8. The highest BCUT2D eigenvalue weighted by atomic mass is 16.5. The summed E-state index contributed by atoms with van der Waals surface area (Å²) in [5.74, 6) is -0.609. The topological polar surface area (TPSA) is 131 Å². The Bertz CT molecular complexity index is 1330. The van der Waals surface area contributed by atoms with E-state index in [9.17, 15) is 19.2 Å². The van der Waals surface area contributed by atoms with E-state index in [1.807, 2.05) is 30.3 Å². The SMILES string of the molecule is CC(=O)N1CC(C(=O)N(C)c2c(N)n(Cc3ccccc3)c(=O)[nH]c2=O)Oc2ccccc21. The second-order valence-electron chi connectivity index (χ2n) is 7.67. The molecular formula is C23H23N5O5. The number of nitrogens with zero attached hydrogens (tertiary/aromatic N) is 3. The number of hydrogen-bond donors (Lipinski definition) is 2. The molecule has 4 rings (SSSR count). The zero-order valence-corrected chi connectivity index (χ0v) is 18.1. The number of H-pyrrole nitrogens is 1. The lowest BCUT2D eigenvalue weighted by atomic mass is 10.1. The lowest BCUT2D eigenvalue weighted by Gasteiger charge is -2.35. The van der Waals surface area contributed by atoms with E-state index in [0.717, 1.165) is 10.5 Å². The molecule has 0 fully saturated rings. The average molecular weight is 449 g/mol. The first-order chi connectivity index (χ1) is 15.8. The number of aromatic amines is 1. The van der Waals surface area contributed by atoms with Crippen LogP contribution in [0.4, 0.5) is 17.2 Å². The predicted octanol–water partition coefficient (Wildman–Crippen LogP) is 0.944. The van der Waals surface area contributed by atoms with E-state index in [-0.39, 0.29) is 30.5 Å². The maximum Gasteiger partial charge on any atom is 0.330 e. The van der Waals surface area contributed by atoms with E-state index >= 15 is 0 Å². The van der Waals surface area contributed by atoms with Crippen molar-refractivity contribution < 1.29 is 14.3 Å². The van der Waals surface area contributed by atoms with Crippen LogP contribution in [0.1, 0.15) is 12.5 Å². The van der Waals surface area contributed by atoms with Gasteiger partial charge in [-0.15, -0.1) is 0 Å². The van der Waals surface area contributed by atoms with Crippen LogP contribution in [0.3, 0.4) is 0 Å². The van der Waals surface area contributed by atoms with E-state index in [2.05, 4.69) is 4.98 Å². The summed E-state index contributed by atoms with van der Waals surface area (Å²) >= 11 is 0. The number of amides is 2. The fraction of sp³-hybridized carbons (Fsp3) is 0.217. The molecule has 2 heterocycles. The fourth-order valence-electron chi connectivity index (χ4n) is 3.81. The Balaban J connectivity index is 1.68. The molecule has 2 aromatic carbocycles. The lowest BCUT2D eigenvalue weighted by Crippen LogP contribution is -2.52. The first kappa shape index (κ1) is 21.9. The van der Waals surface area contributed by atoms with Crippen molar-refractivity contribution in [2.75, 3.05) is 29.1 Å². The number of carbonyl (C=O) groups excluding carboxylic acids is 2. The van der Waals surface area contributed by atoms with Crippen molar-refractivity contribution >= 4 is 29.0 Å². The zero-order chi connectivity index (χ0) is 23.7. The van der Waals surface area contributed by atoms with Crippen LogP contribution in [0.15, 0.2) is 64.2 Å². The molecule has 1 aliphatic heterocycles. The van der Waals surface area contributed by atoms with Gasteiger partial charge in [0.05, 0.1) is 18.8 Å². The summed E-state index contributed by atoms with van der Waals surface area (Å²) in [5.41, 5.74) is 5.90. The summed E-state index contributed by atoms with van der Waals surface area (Å²) in [4.78, 5) is 55.2. The highest BCUT2D eigenvalue weighted by Gasteiger charge is 2.35. The van der Waals surface area contributed by atoms with Crippen LogP contribution >= 0.6 is 0 Å². The standard InChI is InChI=1S/C23H23N5O5/c1-14(29)27-13-18(33-17-11-7-6-10-16(17)27)22(31)26(2)19-20(24)28(23(32)25-21(19)30)12-15-8-4-3-5-9-15/h3-11,18H,12-13,24H2,1-2H3,(H,25,30,32). The first-order valence-electron chi connectivity index (χ1n) is 10.3. The van der Waals surface area contributed by atoms with Gasteiger partial charge in [0.2, 0.25) is 5.91 Å². The molecule has 0 saturated heterocycles. The van der Waals surface area contributed by atoms with E-state index < -0.39 is 23.3 Å².